The molecule has 0 atom stereocenters. The van der Waals surface area contributed by atoms with Crippen molar-refractivity contribution in [1.29, 1.82) is 0 Å². The molecule has 0 bridgehead atoms. The van der Waals surface area contributed by atoms with Crippen LogP contribution in [0.25, 0.3) is 0 Å². The van der Waals surface area contributed by atoms with E-state index >= 15 is 0 Å². The van der Waals surface area contributed by atoms with Crippen LogP contribution in [0.4, 0.5) is 15.8 Å². The normalized spacial score (nSPS) is 10.6. The fourth-order valence-electron chi connectivity index (χ4n) is 2.65. The van der Waals surface area contributed by atoms with E-state index in [0.717, 1.165) is 12.1 Å². The minimum absolute atomic E-state index is 0.247. The number of hydrogen-bond acceptors (Lipinski definition) is 5. The first-order valence-corrected chi connectivity index (χ1v) is 11.3. The third-order valence-electron chi connectivity index (χ3n) is 4.15. The monoisotopic (exact) mass is 580 g/mol. The molecule has 0 radical (unpaired) electrons. The number of carbonyl (C=O) groups excluding carboxylic acids is 3. The molecule has 3 amide bonds. The molecular weight excluding hydrogens is 566 g/mol. The second-order valence-electron chi connectivity index (χ2n) is 6.84. The summed E-state index contributed by atoms with van der Waals surface area (Å²) in [6, 6.07) is 14.4. The molecule has 0 saturated heterocycles. The summed E-state index contributed by atoms with van der Waals surface area (Å²) in [6.45, 7) is -0.334. The van der Waals surface area contributed by atoms with Crippen molar-refractivity contribution < 1.29 is 23.5 Å². The van der Waals surface area contributed by atoms with E-state index < -0.39 is 23.5 Å². The molecule has 0 spiro atoms. The van der Waals surface area contributed by atoms with Crippen molar-refractivity contribution in [2.45, 2.75) is 0 Å². The maximum absolute atomic E-state index is 12.9. The van der Waals surface area contributed by atoms with Crippen LogP contribution in [-0.2, 0) is 14.4 Å². The van der Waals surface area contributed by atoms with E-state index in [4.69, 9.17) is 27.9 Å². The summed E-state index contributed by atoms with van der Waals surface area (Å²) in [4.78, 5) is 36.2. The maximum Gasteiger partial charge on any atom is 0.329 e. The Balaban J connectivity index is 1.58. The summed E-state index contributed by atoms with van der Waals surface area (Å²) in [7, 11) is 0. The molecule has 0 aromatic heterocycles. The Hall–Kier alpha value is -3.47. The van der Waals surface area contributed by atoms with Crippen LogP contribution in [0.5, 0.6) is 5.75 Å². The van der Waals surface area contributed by atoms with Gasteiger partial charge in [0.25, 0.3) is 5.91 Å². The number of carbonyl (C=O) groups is 3. The highest BCUT2D eigenvalue weighted by atomic mass is 79.9. The number of halogens is 4. The second-order valence-corrected chi connectivity index (χ2v) is 8.63. The van der Waals surface area contributed by atoms with E-state index in [9.17, 15) is 18.8 Å². The lowest BCUT2D eigenvalue weighted by Crippen LogP contribution is -2.32. The predicted molar refractivity (Wildman–Crippen MR) is 135 cm³/mol. The lowest BCUT2D eigenvalue weighted by molar-refractivity contribution is -0.136. The zero-order valence-electron chi connectivity index (χ0n) is 17.7. The lowest BCUT2D eigenvalue weighted by atomic mass is 10.2. The van der Waals surface area contributed by atoms with Gasteiger partial charge in [-0.1, -0.05) is 39.1 Å². The lowest BCUT2D eigenvalue weighted by Gasteiger charge is -2.10. The Kier molecular flexibility index (Phi) is 9.18. The Morgan fingerprint density at radius 2 is 1.60 bits per heavy atom. The maximum atomic E-state index is 12.9. The Morgan fingerprint density at radius 3 is 2.29 bits per heavy atom. The first-order valence-electron chi connectivity index (χ1n) is 9.78. The number of ether oxygens (including phenoxy) is 1. The summed E-state index contributed by atoms with van der Waals surface area (Å²) >= 11 is 15.2. The first-order chi connectivity index (χ1) is 16.7. The van der Waals surface area contributed by atoms with Crippen LogP contribution >= 0.6 is 39.1 Å². The van der Waals surface area contributed by atoms with Gasteiger partial charge in [0.15, 0.2) is 6.61 Å². The fourth-order valence-corrected chi connectivity index (χ4v) is 3.56. The van der Waals surface area contributed by atoms with E-state index in [0.29, 0.717) is 31.5 Å². The molecule has 0 aliphatic heterocycles. The van der Waals surface area contributed by atoms with Crippen molar-refractivity contribution in [3.8, 4) is 5.75 Å². The Morgan fingerprint density at radius 1 is 0.914 bits per heavy atom. The summed E-state index contributed by atoms with van der Waals surface area (Å²) in [6.07, 6.45) is 1.25. The fraction of sp³-hybridized carbons (Fsp3) is 0.0435. The van der Waals surface area contributed by atoms with E-state index in [1.54, 1.807) is 18.2 Å². The molecule has 0 heterocycles. The summed E-state index contributed by atoms with van der Waals surface area (Å²) in [5, 5.41) is 9.43. The molecule has 180 valence electrons. The van der Waals surface area contributed by atoms with Crippen molar-refractivity contribution in [3.05, 3.63) is 86.6 Å². The summed E-state index contributed by atoms with van der Waals surface area (Å²) < 4.78 is 19.2. The smallest absolute Gasteiger partial charge is 0.329 e. The van der Waals surface area contributed by atoms with Crippen LogP contribution in [0.2, 0.25) is 10.0 Å². The molecule has 3 N–H and O–H groups in total. The third kappa shape index (κ3) is 8.36. The van der Waals surface area contributed by atoms with Gasteiger partial charge in [-0.2, -0.15) is 5.10 Å². The standard InChI is InChI=1S/C23H16BrCl2FN4O4/c24-14-1-6-20(35-12-21(32)29-19-9-15(25)8-16(26)10-19)13(7-14)11-28-31-23(34)22(33)30-18-4-2-17(27)3-5-18/h1-11H,12H2,(H,29,32)(H,30,33)(H,31,34)/b28-11-. The van der Waals surface area contributed by atoms with E-state index in [2.05, 4.69) is 37.1 Å². The van der Waals surface area contributed by atoms with Crippen molar-refractivity contribution >= 4 is 74.4 Å². The molecule has 0 aliphatic rings. The van der Waals surface area contributed by atoms with Gasteiger partial charge in [-0.3, -0.25) is 14.4 Å². The number of benzene rings is 3. The van der Waals surface area contributed by atoms with Crippen LogP contribution in [0.1, 0.15) is 5.56 Å². The molecule has 0 saturated carbocycles. The largest absolute Gasteiger partial charge is 0.483 e. The average Bonchev–Trinajstić information content (AvgIpc) is 2.79. The molecule has 8 nitrogen and oxygen atoms in total. The molecule has 3 rings (SSSR count). The summed E-state index contributed by atoms with van der Waals surface area (Å²) in [5.74, 6) is -2.67. The number of hydrazone groups is 1. The molecule has 3 aromatic carbocycles. The average molecular weight is 582 g/mol. The zero-order valence-corrected chi connectivity index (χ0v) is 20.7. The number of hydrogen-bond donors (Lipinski definition) is 3. The molecule has 0 unspecified atom stereocenters. The predicted octanol–water partition coefficient (Wildman–Crippen LogP) is 5.00. The van der Waals surface area contributed by atoms with Gasteiger partial charge in [0.2, 0.25) is 0 Å². The van der Waals surface area contributed by atoms with E-state index in [1.807, 2.05) is 0 Å². The Labute approximate surface area is 217 Å². The number of rotatable bonds is 7. The number of anilines is 2. The topological polar surface area (TPSA) is 109 Å². The van der Waals surface area contributed by atoms with E-state index in [-0.39, 0.29) is 12.3 Å². The molecule has 0 fully saturated rings. The van der Waals surface area contributed by atoms with Gasteiger partial charge in [0.1, 0.15) is 11.6 Å². The van der Waals surface area contributed by atoms with Gasteiger partial charge in [0.05, 0.1) is 6.21 Å². The van der Waals surface area contributed by atoms with Crippen LogP contribution in [0.3, 0.4) is 0 Å². The highest BCUT2D eigenvalue weighted by molar-refractivity contribution is 9.10. The van der Waals surface area contributed by atoms with Crippen LogP contribution in [0, 0.1) is 5.82 Å². The van der Waals surface area contributed by atoms with Crippen molar-refractivity contribution in [2.75, 3.05) is 17.2 Å². The number of nitrogens with one attached hydrogen (secondary N) is 3. The van der Waals surface area contributed by atoms with Gasteiger partial charge < -0.3 is 15.4 Å². The zero-order chi connectivity index (χ0) is 25.4. The van der Waals surface area contributed by atoms with Crippen LogP contribution < -0.4 is 20.8 Å². The second kappa shape index (κ2) is 12.3. The molecule has 12 heteroatoms. The van der Waals surface area contributed by atoms with Crippen molar-refractivity contribution in [1.82, 2.24) is 5.43 Å². The molecular formula is C23H16BrCl2FN4O4. The first kappa shape index (κ1) is 26.1. The van der Waals surface area contributed by atoms with Crippen molar-refractivity contribution in [3.63, 3.8) is 0 Å². The van der Waals surface area contributed by atoms with Gasteiger partial charge in [-0.05, 0) is 60.7 Å². The quantitative estimate of drug-likeness (QED) is 0.207. The highest BCUT2D eigenvalue weighted by Gasteiger charge is 2.13. The van der Waals surface area contributed by atoms with Gasteiger partial charge in [-0.15, -0.1) is 0 Å². The minimum Gasteiger partial charge on any atom is -0.483 e. The van der Waals surface area contributed by atoms with Gasteiger partial charge >= 0.3 is 11.8 Å². The SMILES string of the molecule is O=C(COc1ccc(Br)cc1/C=N\NC(=O)C(=O)Nc1ccc(F)cc1)Nc1cc(Cl)cc(Cl)c1. The molecule has 35 heavy (non-hydrogen) atoms. The van der Waals surface area contributed by atoms with Gasteiger partial charge in [-0.25, -0.2) is 9.82 Å². The van der Waals surface area contributed by atoms with Crippen molar-refractivity contribution in [2.24, 2.45) is 5.10 Å². The number of nitrogens with zero attached hydrogens (tertiary/aromatic N) is 1. The van der Waals surface area contributed by atoms with Gasteiger partial charge in [0, 0.05) is 31.5 Å². The summed E-state index contributed by atoms with van der Waals surface area (Å²) in [5.41, 5.74) is 3.16. The third-order valence-corrected chi connectivity index (χ3v) is 5.08. The molecule has 3 aromatic rings. The van der Waals surface area contributed by atoms with E-state index in [1.165, 1.54) is 36.5 Å². The Bertz CT molecular complexity index is 1270. The molecule has 0 aliphatic carbocycles. The minimum atomic E-state index is -1.04. The van der Waals surface area contributed by atoms with Crippen LogP contribution in [0.15, 0.2) is 70.2 Å². The van der Waals surface area contributed by atoms with Crippen LogP contribution in [-0.4, -0.2) is 30.5 Å². The highest BCUT2D eigenvalue weighted by Crippen LogP contribution is 2.24. The number of amides is 3.